The lowest BCUT2D eigenvalue weighted by Gasteiger charge is -2.12. The smallest absolute Gasteiger partial charge is 0.366 e. The number of aryl methyl sites for hydroxylation is 1. The summed E-state index contributed by atoms with van der Waals surface area (Å²) in [6, 6.07) is 8.65. The van der Waals surface area contributed by atoms with Crippen LogP contribution in [0.15, 0.2) is 52.6 Å². The van der Waals surface area contributed by atoms with Gasteiger partial charge in [-0.1, -0.05) is 28.1 Å². The van der Waals surface area contributed by atoms with Gasteiger partial charge in [0.05, 0.1) is 21.3 Å². The van der Waals surface area contributed by atoms with Gasteiger partial charge in [-0.05, 0) is 55.2 Å². The van der Waals surface area contributed by atoms with Crippen molar-refractivity contribution in [3.05, 3.63) is 80.4 Å². The Bertz CT molecular complexity index is 1530. The molecule has 2 heterocycles. The maximum absolute atomic E-state index is 13.2. The Morgan fingerprint density at radius 1 is 1.14 bits per heavy atom. The first-order valence-electron chi connectivity index (χ1n) is 11.4. The number of alkyl halides is 3. The van der Waals surface area contributed by atoms with Gasteiger partial charge in [0.2, 0.25) is 0 Å². The predicted octanol–water partition coefficient (Wildman–Crippen LogP) is 7.03. The van der Waals surface area contributed by atoms with Crippen molar-refractivity contribution in [1.82, 2.24) is 9.97 Å². The standard InChI is InChI=1S/C26H20BrF3N4O2S/c1-13-2-3-15(21(35)8-14-6-16(26(28,29)30)10-17(27)7-14)9-20(13)34-25(36)19-11-37-23-22(19)31-12-32-24(23)33-18-4-5-18/h2-3,6-7,9-12,18H,4-5,8H2,1H3,(H,34,36)(H,31,32,33). The fraction of sp³-hybridized carbons (Fsp3) is 0.231. The summed E-state index contributed by atoms with van der Waals surface area (Å²) in [7, 11) is 0. The molecule has 0 atom stereocenters. The minimum Gasteiger partial charge on any atom is -0.366 e. The Kier molecular flexibility index (Phi) is 6.76. The number of halogens is 4. The highest BCUT2D eigenvalue weighted by atomic mass is 79.9. The van der Waals surface area contributed by atoms with Crippen LogP contribution in [0, 0.1) is 6.92 Å². The van der Waals surface area contributed by atoms with Crippen molar-refractivity contribution in [3.63, 3.8) is 0 Å². The van der Waals surface area contributed by atoms with Gasteiger partial charge in [-0.15, -0.1) is 11.3 Å². The highest BCUT2D eigenvalue weighted by molar-refractivity contribution is 9.10. The molecule has 0 aliphatic heterocycles. The molecule has 2 N–H and O–H groups in total. The molecule has 6 nitrogen and oxygen atoms in total. The van der Waals surface area contributed by atoms with Crippen molar-refractivity contribution < 1.29 is 22.8 Å². The summed E-state index contributed by atoms with van der Waals surface area (Å²) in [5.74, 6) is -0.0374. The minimum atomic E-state index is -4.52. The summed E-state index contributed by atoms with van der Waals surface area (Å²) in [6.07, 6.45) is -1.14. The summed E-state index contributed by atoms with van der Waals surface area (Å²) in [4.78, 5) is 34.7. The van der Waals surface area contributed by atoms with Gasteiger partial charge in [-0.3, -0.25) is 9.59 Å². The van der Waals surface area contributed by atoms with E-state index in [1.165, 1.54) is 23.7 Å². The third kappa shape index (κ3) is 5.67. The van der Waals surface area contributed by atoms with E-state index in [-0.39, 0.29) is 33.7 Å². The van der Waals surface area contributed by atoms with Crippen LogP contribution in [0.5, 0.6) is 0 Å². The predicted molar refractivity (Wildman–Crippen MR) is 140 cm³/mol. The van der Waals surface area contributed by atoms with E-state index < -0.39 is 11.7 Å². The van der Waals surface area contributed by atoms with Crippen molar-refractivity contribution >= 4 is 60.7 Å². The van der Waals surface area contributed by atoms with E-state index in [2.05, 4.69) is 36.5 Å². The van der Waals surface area contributed by atoms with Crippen LogP contribution >= 0.6 is 27.3 Å². The van der Waals surface area contributed by atoms with Gasteiger partial charge in [-0.2, -0.15) is 13.2 Å². The van der Waals surface area contributed by atoms with Gasteiger partial charge in [0, 0.05) is 33.6 Å². The van der Waals surface area contributed by atoms with E-state index >= 15 is 0 Å². The Labute approximate surface area is 222 Å². The molecule has 2 aromatic carbocycles. The molecular weight excluding hydrogens is 569 g/mol. The van der Waals surface area contributed by atoms with Crippen LogP contribution < -0.4 is 10.6 Å². The molecule has 1 saturated carbocycles. The summed E-state index contributed by atoms with van der Waals surface area (Å²) < 4.78 is 40.5. The van der Waals surface area contributed by atoms with E-state index in [1.54, 1.807) is 30.5 Å². The largest absolute Gasteiger partial charge is 0.416 e. The number of nitrogens with zero attached hydrogens (tertiary/aromatic N) is 2. The summed E-state index contributed by atoms with van der Waals surface area (Å²) >= 11 is 4.46. The second kappa shape index (κ2) is 9.86. The molecule has 0 saturated heterocycles. The number of amides is 1. The lowest BCUT2D eigenvalue weighted by atomic mass is 9.99. The van der Waals surface area contributed by atoms with Crippen molar-refractivity contribution in [2.24, 2.45) is 0 Å². The highest BCUT2D eigenvalue weighted by Gasteiger charge is 2.31. The molecule has 1 aliphatic rings. The number of benzene rings is 2. The van der Waals surface area contributed by atoms with E-state index in [1.807, 2.05) is 0 Å². The number of hydrogen-bond donors (Lipinski definition) is 2. The number of carbonyl (C=O) groups excluding carboxylic acids is 2. The summed E-state index contributed by atoms with van der Waals surface area (Å²) in [5, 5.41) is 7.93. The molecule has 2 aromatic heterocycles. The maximum Gasteiger partial charge on any atom is 0.416 e. The number of carbonyl (C=O) groups is 2. The number of ketones is 1. The SMILES string of the molecule is Cc1ccc(C(=O)Cc2cc(Br)cc(C(F)(F)F)c2)cc1NC(=O)c1csc2c(NC3CC3)ncnc12. The second-order valence-corrected chi connectivity index (χ2v) is 10.7. The first-order chi connectivity index (χ1) is 17.6. The van der Waals surface area contributed by atoms with Crippen molar-refractivity contribution in [2.45, 2.75) is 38.4 Å². The number of Topliss-reactive ketones (excluding diaryl/α,β-unsaturated/α-hetero) is 1. The van der Waals surface area contributed by atoms with Crippen molar-refractivity contribution in [3.8, 4) is 0 Å². The number of anilines is 2. The van der Waals surface area contributed by atoms with Crippen LogP contribution in [-0.4, -0.2) is 27.7 Å². The summed E-state index contributed by atoms with van der Waals surface area (Å²) in [5.41, 5.74) is 1.79. The molecule has 4 aromatic rings. The molecule has 1 fully saturated rings. The molecule has 0 unspecified atom stereocenters. The first kappa shape index (κ1) is 25.3. The number of thiophene rings is 1. The molecule has 0 bridgehead atoms. The zero-order valence-electron chi connectivity index (χ0n) is 19.4. The number of fused-ring (bicyclic) bond motifs is 1. The fourth-order valence-corrected chi connectivity index (χ4v) is 5.35. The third-order valence-corrected chi connectivity index (χ3v) is 7.41. The van der Waals surface area contributed by atoms with Gasteiger partial charge in [-0.25, -0.2) is 9.97 Å². The van der Waals surface area contributed by atoms with Crippen molar-refractivity contribution in [1.29, 1.82) is 0 Å². The topological polar surface area (TPSA) is 84.0 Å². The van der Waals surface area contributed by atoms with Crippen molar-refractivity contribution in [2.75, 3.05) is 10.6 Å². The third-order valence-electron chi connectivity index (χ3n) is 5.97. The average molecular weight is 589 g/mol. The molecular formula is C26H20BrF3N4O2S. The van der Waals surface area contributed by atoms with Gasteiger partial charge < -0.3 is 10.6 Å². The molecule has 190 valence electrons. The molecule has 0 radical (unpaired) electrons. The van der Waals surface area contributed by atoms with Gasteiger partial charge in [0.1, 0.15) is 12.1 Å². The van der Waals surface area contributed by atoms with Crippen LogP contribution in [0.4, 0.5) is 24.7 Å². The van der Waals surface area contributed by atoms with E-state index in [9.17, 15) is 22.8 Å². The lowest BCUT2D eigenvalue weighted by Crippen LogP contribution is -2.14. The normalized spacial score (nSPS) is 13.5. The number of nitrogens with one attached hydrogen (secondary N) is 2. The van der Waals surface area contributed by atoms with Crippen LogP contribution in [0.25, 0.3) is 10.2 Å². The molecule has 5 rings (SSSR count). The Hall–Kier alpha value is -3.31. The molecule has 11 heteroatoms. The maximum atomic E-state index is 13.2. The zero-order chi connectivity index (χ0) is 26.3. The molecule has 1 amide bonds. The van der Waals surface area contributed by atoms with Crippen LogP contribution in [-0.2, 0) is 12.6 Å². The molecule has 0 spiro atoms. The Morgan fingerprint density at radius 3 is 2.65 bits per heavy atom. The fourth-order valence-electron chi connectivity index (χ4n) is 3.86. The van der Waals surface area contributed by atoms with Crippen LogP contribution in [0.2, 0.25) is 0 Å². The quantitative estimate of drug-likeness (QED) is 0.226. The Balaban J connectivity index is 1.36. The van der Waals surface area contributed by atoms with Gasteiger partial charge in [0.15, 0.2) is 5.78 Å². The second-order valence-electron chi connectivity index (χ2n) is 8.90. The highest BCUT2D eigenvalue weighted by Crippen LogP contribution is 2.34. The minimum absolute atomic E-state index is 0.220. The zero-order valence-corrected chi connectivity index (χ0v) is 21.9. The van der Waals surface area contributed by atoms with E-state index in [0.29, 0.717) is 28.6 Å². The number of rotatable bonds is 7. The van der Waals surface area contributed by atoms with Gasteiger partial charge in [0.25, 0.3) is 5.91 Å². The van der Waals surface area contributed by atoms with E-state index in [4.69, 9.17) is 0 Å². The Morgan fingerprint density at radius 2 is 1.92 bits per heavy atom. The molecule has 1 aliphatic carbocycles. The molecule has 37 heavy (non-hydrogen) atoms. The van der Waals surface area contributed by atoms with E-state index in [0.717, 1.165) is 35.2 Å². The first-order valence-corrected chi connectivity index (χ1v) is 13.1. The number of aromatic nitrogens is 2. The average Bonchev–Trinajstić information content (AvgIpc) is 3.54. The number of hydrogen-bond acceptors (Lipinski definition) is 6. The van der Waals surface area contributed by atoms with Crippen LogP contribution in [0.1, 0.15) is 50.2 Å². The summed E-state index contributed by atoms with van der Waals surface area (Å²) in [6.45, 7) is 1.79. The van der Waals surface area contributed by atoms with Gasteiger partial charge >= 0.3 is 6.18 Å². The van der Waals surface area contributed by atoms with Crippen LogP contribution in [0.3, 0.4) is 0 Å². The monoisotopic (exact) mass is 588 g/mol. The lowest BCUT2D eigenvalue weighted by molar-refractivity contribution is -0.137.